The molecule has 1 heterocycles. The predicted octanol–water partition coefficient (Wildman–Crippen LogP) is 0.552. The Morgan fingerprint density at radius 1 is 1.69 bits per heavy atom. The molecule has 1 aliphatic heterocycles. The summed E-state index contributed by atoms with van der Waals surface area (Å²) in [7, 11) is 0. The van der Waals surface area contributed by atoms with Gasteiger partial charge in [-0.15, -0.1) is 12.3 Å². The molecule has 3 heteroatoms. The van der Waals surface area contributed by atoms with Crippen molar-refractivity contribution in [2.24, 2.45) is 5.92 Å². The standard InChI is InChI=1S/C10H15NO2/c1-2-3-7-13-10(12)9-5-4-6-11-8-9/h1,9,11H,3-8H2. The van der Waals surface area contributed by atoms with Gasteiger partial charge >= 0.3 is 5.97 Å². The van der Waals surface area contributed by atoms with Crippen molar-refractivity contribution in [2.75, 3.05) is 19.7 Å². The summed E-state index contributed by atoms with van der Waals surface area (Å²) in [6.45, 7) is 2.11. The van der Waals surface area contributed by atoms with E-state index in [0.717, 1.165) is 25.9 Å². The van der Waals surface area contributed by atoms with Crippen LogP contribution in [-0.2, 0) is 9.53 Å². The zero-order valence-electron chi connectivity index (χ0n) is 7.71. The molecule has 13 heavy (non-hydrogen) atoms. The van der Waals surface area contributed by atoms with Crippen molar-refractivity contribution < 1.29 is 9.53 Å². The van der Waals surface area contributed by atoms with Crippen LogP contribution in [0, 0.1) is 18.3 Å². The van der Waals surface area contributed by atoms with Crippen molar-refractivity contribution >= 4 is 5.97 Å². The monoisotopic (exact) mass is 181 g/mol. The number of ether oxygens (including phenoxy) is 1. The SMILES string of the molecule is C#CCCOC(=O)C1CCCNC1. The maximum atomic E-state index is 11.3. The van der Waals surface area contributed by atoms with E-state index in [-0.39, 0.29) is 11.9 Å². The van der Waals surface area contributed by atoms with Crippen molar-refractivity contribution in [2.45, 2.75) is 19.3 Å². The van der Waals surface area contributed by atoms with E-state index in [9.17, 15) is 4.79 Å². The van der Waals surface area contributed by atoms with Crippen LogP contribution >= 0.6 is 0 Å². The number of rotatable bonds is 3. The minimum atomic E-state index is -0.109. The minimum absolute atomic E-state index is 0.0338. The van der Waals surface area contributed by atoms with Gasteiger partial charge in [-0.2, -0.15) is 0 Å². The van der Waals surface area contributed by atoms with Gasteiger partial charge in [0.25, 0.3) is 0 Å². The molecule has 3 nitrogen and oxygen atoms in total. The van der Waals surface area contributed by atoms with Gasteiger partial charge < -0.3 is 10.1 Å². The summed E-state index contributed by atoms with van der Waals surface area (Å²) >= 11 is 0. The van der Waals surface area contributed by atoms with Crippen LogP contribution in [0.4, 0.5) is 0 Å². The Kier molecular flexibility index (Phi) is 4.34. The maximum Gasteiger partial charge on any atom is 0.310 e. The molecule has 1 N–H and O–H groups in total. The topological polar surface area (TPSA) is 38.3 Å². The first-order valence-corrected chi connectivity index (χ1v) is 4.65. The zero-order chi connectivity index (χ0) is 9.52. The number of nitrogens with one attached hydrogen (secondary N) is 1. The van der Waals surface area contributed by atoms with E-state index in [1.165, 1.54) is 0 Å². The molecular weight excluding hydrogens is 166 g/mol. The van der Waals surface area contributed by atoms with Gasteiger partial charge in [-0.05, 0) is 19.4 Å². The molecule has 0 aliphatic carbocycles. The van der Waals surface area contributed by atoms with E-state index in [0.29, 0.717) is 13.0 Å². The minimum Gasteiger partial charge on any atom is -0.464 e. The number of hydrogen-bond acceptors (Lipinski definition) is 3. The van der Waals surface area contributed by atoms with Gasteiger partial charge in [-0.1, -0.05) is 0 Å². The molecule has 0 amide bonds. The number of hydrogen-bond donors (Lipinski definition) is 1. The quantitative estimate of drug-likeness (QED) is 0.392. The third-order valence-corrected chi connectivity index (χ3v) is 2.12. The van der Waals surface area contributed by atoms with E-state index in [1.807, 2.05) is 0 Å². The Balaban J connectivity index is 2.18. The normalized spacial score (nSPS) is 21.9. The summed E-state index contributed by atoms with van der Waals surface area (Å²) in [5.41, 5.74) is 0. The molecule has 0 spiro atoms. The summed E-state index contributed by atoms with van der Waals surface area (Å²) in [5, 5.41) is 3.16. The molecule has 0 aromatic rings. The fourth-order valence-corrected chi connectivity index (χ4v) is 1.38. The summed E-state index contributed by atoms with van der Waals surface area (Å²) in [4.78, 5) is 11.3. The van der Waals surface area contributed by atoms with Crippen molar-refractivity contribution in [3.8, 4) is 12.3 Å². The second kappa shape index (κ2) is 5.60. The lowest BCUT2D eigenvalue weighted by molar-refractivity contribution is -0.148. The third kappa shape index (κ3) is 3.47. The molecule has 0 saturated carbocycles. The Bertz CT molecular complexity index is 201. The lowest BCUT2D eigenvalue weighted by Crippen LogP contribution is -2.35. The molecule has 72 valence electrons. The second-order valence-electron chi connectivity index (χ2n) is 3.16. The average molecular weight is 181 g/mol. The van der Waals surface area contributed by atoms with E-state index in [1.54, 1.807) is 0 Å². The van der Waals surface area contributed by atoms with Gasteiger partial charge in [0.05, 0.1) is 5.92 Å². The first-order valence-electron chi connectivity index (χ1n) is 4.65. The number of terminal acetylenes is 1. The number of carbonyl (C=O) groups is 1. The van der Waals surface area contributed by atoms with Crippen molar-refractivity contribution in [3.05, 3.63) is 0 Å². The van der Waals surface area contributed by atoms with Crippen LogP contribution in [-0.4, -0.2) is 25.7 Å². The average Bonchev–Trinajstić information content (AvgIpc) is 2.19. The van der Waals surface area contributed by atoms with Gasteiger partial charge in [0.15, 0.2) is 0 Å². The summed E-state index contributed by atoms with van der Waals surface area (Å²) in [5.74, 6) is 2.36. The van der Waals surface area contributed by atoms with Crippen LogP contribution in [0.5, 0.6) is 0 Å². The summed E-state index contributed by atoms with van der Waals surface area (Å²) in [6.07, 6.45) is 7.53. The highest BCUT2D eigenvalue weighted by molar-refractivity contribution is 5.72. The fourth-order valence-electron chi connectivity index (χ4n) is 1.38. The number of carbonyl (C=O) groups excluding carboxylic acids is 1. The van der Waals surface area contributed by atoms with E-state index >= 15 is 0 Å². The third-order valence-electron chi connectivity index (χ3n) is 2.12. The summed E-state index contributed by atoms with van der Waals surface area (Å²) < 4.78 is 5.00. The summed E-state index contributed by atoms with van der Waals surface area (Å²) in [6, 6.07) is 0. The molecule has 0 aromatic carbocycles. The van der Waals surface area contributed by atoms with Crippen LogP contribution < -0.4 is 5.32 Å². The Hall–Kier alpha value is -1.01. The van der Waals surface area contributed by atoms with Gasteiger partial charge in [0.1, 0.15) is 6.61 Å². The van der Waals surface area contributed by atoms with Crippen LogP contribution in [0.1, 0.15) is 19.3 Å². The Labute approximate surface area is 78.8 Å². The Morgan fingerprint density at radius 3 is 3.15 bits per heavy atom. The van der Waals surface area contributed by atoms with Crippen LogP contribution in [0.15, 0.2) is 0 Å². The number of piperidine rings is 1. The predicted molar refractivity (Wildman–Crippen MR) is 50.0 cm³/mol. The zero-order valence-corrected chi connectivity index (χ0v) is 7.71. The van der Waals surface area contributed by atoms with E-state index < -0.39 is 0 Å². The molecular formula is C10H15NO2. The van der Waals surface area contributed by atoms with Gasteiger partial charge in [0.2, 0.25) is 0 Å². The van der Waals surface area contributed by atoms with Crippen LogP contribution in [0.2, 0.25) is 0 Å². The largest absolute Gasteiger partial charge is 0.464 e. The molecule has 0 radical (unpaired) electrons. The lowest BCUT2D eigenvalue weighted by Gasteiger charge is -2.20. The van der Waals surface area contributed by atoms with Crippen LogP contribution in [0.3, 0.4) is 0 Å². The highest BCUT2D eigenvalue weighted by Crippen LogP contribution is 2.11. The molecule has 1 unspecified atom stereocenters. The van der Waals surface area contributed by atoms with Crippen LogP contribution in [0.25, 0.3) is 0 Å². The highest BCUT2D eigenvalue weighted by Gasteiger charge is 2.21. The van der Waals surface area contributed by atoms with Gasteiger partial charge in [0, 0.05) is 13.0 Å². The molecule has 1 saturated heterocycles. The smallest absolute Gasteiger partial charge is 0.310 e. The lowest BCUT2D eigenvalue weighted by atomic mass is 10.0. The van der Waals surface area contributed by atoms with E-state index in [2.05, 4.69) is 11.2 Å². The Morgan fingerprint density at radius 2 is 2.54 bits per heavy atom. The van der Waals surface area contributed by atoms with Gasteiger partial charge in [-0.3, -0.25) is 4.79 Å². The fraction of sp³-hybridized carbons (Fsp3) is 0.700. The molecule has 1 atom stereocenters. The van der Waals surface area contributed by atoms with E-state index in [4.69, 9.17) is 11.2 Å². The van der Waals surface area contributed by atoms with Crippen molar-refractivity contribution in [3.63, 3.8) is 0 Å². The number of esters is 1. The maximum absolute atomic E-state index is 11.3. The molecule has 1 rings (SSSR count). The molecule has 0 bridgehead atoms. The van der Waals surface area contributed by atoms with Gasteiger partial charge in [-0.25, -0.2) is 0 Å². The highest BCUT2D eigenvalue weighted by atomic mass is 16.5. The first-order chi connectivity index (χ1) is 6.34. The first kappa shape index (κ1) is 10.1. The van der Waals surface area contributed by atoms with Crippen molar-refractivity contribution in [1.82, 2.24) is 5.32 Å². The van der Waals surface area contributed by atoms with Crippen molar-refractivity contribution in [1.29, 1.82) is 0 Å². The molecule has 1 fully saturated rings. The second-order valence-corrected chi connectivity index (χ2v) is 3.16. The molecule has 0 aromatic heterocycles. The molecule has 1 aliphatic rings.